The second-order valence-corrected chi connectivity index (χ2v) is 4.93. The van der Waals surface area contributed by atoms with E-state index in [4.69, 9.17) is 11.6 Å². The Hall–Kier alpha value is -0.880. The Morgan fingerprint density at radius 2 is 2.29 bits per heavy atom. The van der Waals surface area contributed by atoms with Gasteiger partial charge in [0.15, 0.2) is 0 Å². The molecule has 1 aromatic heterocycles. The van der Waals surface area contributed by atoms with Gasteiger partial charge in [-0.15, -0.1) is 0 Å². The summed E-state index contributed by atoms with van der Waals surface area (Å²) in [6, 6.07) is 0.155. The molecule has 0 radical (unpaired) electrons. The van der Waals surface area contributed by atoms with E-state index in [-0.39, 0.29) is 17.2 Å². The van der Waals surface area contributed by atoms with Crippen molar-refractivity contribution in [3.05, 3.63) is 16.0 Å². The van der Waals surface area contributed by atoms with E-state index in [2.05, 4.69) is 36.5 Å². The van der Waals surface area contributed by atoms with Crippen LogP contribution in [0.1, 0.15) is 20.3 Å². The molecule has 17 heavy (non-hydrogen) atoms. The molecule has 0 aliphatic heterocycles. The largest absolute Gasteiger partial charge is 0.368 e. The molecule has 94 valence electrons. The average Bonchev–Trinajstić information content (AvgIpc) is 2.22. The SMILES string of the molecule is CC(C)NC(=O)CCNc1nc(Cl)ncc1Br. The van der Waals surface area contributed by atoms with Gasteiger partial charge in [0.05, 0.1) is 4.47 Å². The molecule has 0 atom stereocenters. The summed E-state index contributed by atoms with van der Waals surface area (Å²) in [4.78, 5) is 19.2. The van der Waals surface area contributed by atoms with Crippen LogP contribution >= 0.6 is 27.5 Å². The number of carbonyl (C=O) groups is 1. The van der Waals surface area contributed by atoms with E-state index in [1.165, 1.54) is 0 Å². The summed E-state index contributed by atoms with van der Waals surface area (Å²) in [6.07, 6.45) is 1.94. The van der Waals surface area contributed by atoms with Gasteiger partial charge in [-0.1, -0.05) is 0 Å². The Balaban J connectivity index is 2.40. The van der Waals surface area contributed by atoms with Crippen molar-refractivity contribution in [2.45, 2.75) is 26.3 Å². The summed E-state index contributed by atoms with van der Waals surface area (Å²) in [6.45, 7) is 4.34. The van der Waals surface area contributed by atoms with Gasteiger partial charge in [0.2, 0.25) is 11.2 Å². The van der Waals surface area contributed by atoms with Crippen LogP contribution < -0.4 is 10.6 Å². The molecule has 0 spiro atoms. The maximum absolute atomic E-state index is 11.4. The fraction of sp³-hybridized carbons (Fsp3) is 0.500. The summed E-state index contributed by atoms with van der Waals surface area (Å²) in [5.41, 5.74) is 0. The summed E-state index contributed by atoms with van der Waals surface area (Å²) in [7, 11) is 0. The van der Waals surface area contributed by atoms with Crippen LogP contribution in [0.25, 0.3) is 0 Å². The van der Waals surface area contributed by atoms with E-state index >= 15 is 0 Å². The smallest absolute Gasteiger partial charge is 0.224 e. The quantitative estimate of drug-likeness (QED) is 0.816. The number of carbonyl (C=O) groups excluding carboxylic acids is 1. The van der Waals surface area contributed by atoms with Gasteiger partial charge in [-0.2, -0.15) is 4.98 Å². The third-order valence-corrected chi connectivity index (χ3v) is 2.57. The lowest BCUT2D eigenvalue weighted by Crippen LogP contribution is -2.31. The molecule has 0 saturated carbocycles. The standard InChI is InChI=1S/C10H14BrClN4O/c1-6(2)15-8(17)3-4-13-9-7(11)5-14-10(12)16-9/h5-6H,3-4H2,1-2H3,(H,15,17)(H,13,14,16). The molecule has 1 heterocycles. The number of rotatable bonds is 5. The van der Waals surface area contributed by atoms with Gasteiger partial charge in [-0.3, -0.25) is 4.79 Å². The molecule has 1 rings (SSSR count). The zero-order chi connectivity index (χ0) is 12.8. The summed E-state index contributed by atoms with van der Waals surface area (Å²) in [5, 5.41) is 5.99. The van der Waals surface area contributed by atoms with Crippen molar-refractivity contribution >= 4 is 39.3 Å². The molecular weight excluding hydrogens is 307 g/mol. The average molecular weight is 322 g/mol. The monoisotopic (exact) mass is 320 g/mol. The van der Waals surface area contributed by atoms with E-state index in [0.717, 1.165) is 0 Å². The Morgan fingerprint density at radius 3 is 2.94 bits per heavy atom. The van der Waals surface area contributed by atoms with Gasteiger partial charge in [0.25, 0.3) is 0 Å². The first-order chi connectivity index (χ1) is 7.99. The zero-order valence-electron chi connectivity index (χ0n) is 9.63. The van der Waals surface area contributed by atoms with Gasteiger partial charge >= 0.3 is 0 Å². The number of nitrogens with zero attached hydrogens (tertiary/aromatic N) is 2. The number of hydrogen-bond acceptors (Lipinski definition) is 4. The van der Waals surface area contributed by atoms with Crippen LogP contribution in [-0.2, 0) is 4.79 Å². The Bertz CT molecular complexity index is 400. The molecule has 0 aliphatic carbocycles. The van der Waals surface area contributed by atoms with Crippen LogP contribution in [-0.4, -0.2) is 28.5 Å². The lowest BCUT2D eigenvalue weighted by Gasteiger charge is -2.09. The van der Waals surface area contributed by atoms with E-state index in [9.17, 15) is 4.79 Å². The molecule has 2 N–H and O–H groups in total. The minimum atomic E-state index is 0.00350. The van der Waals surface area contributed by atoms with Crippen LogP contribution in [0.2, 0.25) is 5.28 Å². The number of nitrogens with one attached hydrogen (secondary N) is 2. The van der Waals surface area contributed by atoms with Gasteiger partial charge in [0.1, 0.15) is 5.82 Å². The second-order valence-electron chi connectivity index (χ2n) is 3.73. The van der Waals surface area contributed by atoms with Gasteiger partial charge in [-0.25, -0.2) is 4.98 Å². The highest BCUT2D eigenvalue weighted by atomic mass is 79.9. The van der Waals surface area contributed by atoms with Crippen molar-refractivity contribution in [3.63, 3.8) is 0 Å². The molecule has 0 fully saturated rings. The summed E-state index contributed by atoms with van der Waals surface area (Å²) in [5.74, 6) is 0.589. The summed E-state index contributed by atoms with van der Waals surface area (Å²) >= 11 is 8.96. The molecule has 0 aromatic carbocycles. The first kappa shape index (κ1) is 14.2. The third kappa shape index (κ3) is 5.32. The number of halogens is 2. The maximum atomic E-state index is 11.4. The van der Waals surface area contributed by atoms with Gasteiger partial charge in [0, 0.05) is 25.2 Å². The molecule has 0 bridgehead atoms. The highest BCUT2D eigenvalue weighted by Gasteiger charge is 2.05. The molecule has 1 amide bonds. The van der Waals surface area contributed by atoms with Crippen molar-refractivity contribution in [3.8, 4) is 0 Å². The third-order valence-electron chi connectivity index (χ3n) is 1.81. The minimum Gasteiger partial charge on any atom is -0.368 e. The van der Waals surface area contributed by atoms with Crippen molar-refractivity contribution < 1.29 is 4.79 Å². The molecule has 1 aromatic rings. The number of amides is 1. The van der Waals surface area contributed by atoms with Gasteiger partial charge < -0.3 is 10.6 Å². The fourth-order valence-electron chi connectivity index (χ4n) is 1.16. The highest BCUT2D eigenvalue weighted by Crippen LogP contribution is 2.19. The van der Waals surface area contributed by atoms with E-state index in [1.807, 2.05) is 13.8 Å². The zero-order valence-corrected chi connectivity index (χ0v) is 12.0. The van der Waals surface area contributed by atoms with E-state index < -0.39 is 0 Å². The normalized spacial score (nSPS) is 10.4. The number of anilines is 1. The summed E-state index contributed by atoms with van der Waals surface area (Å²) < 4.78 is 0.714. The predicted molar refractivity (Wildman–Crippen MR) is 71.1 cm³/mol. The van der Waals surface area contributed by atoms with Crippen molar-refractivity contribution in [1.29, 1.82) is 0 Å². The fourth-order valence-corrected chi connectivity index (χ4v) is 1.62. The molecule has 0 unspecified atom stereocenters. The molecule has 0 aliphatic rings. The van der Waals surface area contributed by atoms with Crippen molar-refractivity contribution in [1.82, 2.24) is 15.3 Å². The lowest BCUT2D eigenvalue weighted by molar-refractivity contribution is -0.121. The topological polar surface area (TPSA) is 66.9 Å². The van der Waals surface area contributed by atoms with Crippen molar-refractivity contribution in [2.24, 2.45) is 0 Å². The minimum absolute atomic E-state index is 0.00350. The first-order valence-corrected chi connectivity index (χ1v) is 6.37. The molecule has 5 nitrogen and oxygen atoms in total. The van der Waals surface area contributed by atoms with Crippen LogP contribution in [0.15, 0.2) is 10.7 Å². The van der Waals surface area contributed by atoms with Crippen molar-refractivity contribution in [2.75, 3.05) is 11.9 Å². The Kier molecular flexibility index (Phi) is 5.64. The maximum Gasteiger partial charge on any atom is 0.224 e. The molecular formula is C10H14BrClN4O. The van der Waals surface area contributed by atoms with Crippen LogP contribution in [0.3, 0.4) is 0 Å². The first-order valence-electron chi connectivity index (χ1n) is 5.20. The highest BCUT2D eigenvalue weighted by molar-refractivity contribution is 9.10. The van der Waals surface area contributed by atoms with Crippen LogP contribution in [0.5, 0.6) is 0 Å². The van der Waals surface area contributed by atoms with Crippen LogP contribution in [0, 0.1) is 0 Å². The number of aromatic nitrogens is 2. The lowest BCUT2D eigenvalue weighted by atomic mass is 10.3. The Morgan fingerprint density at radius 1 is 1.59 bits per heavy atom. The molecule has 7 heteroatoms. The second kappa shape index (κ2) is 6.76. The van der Waals surface area contributed by atoms with E-state index in [0.29, 0.717) is 23.3 Å². The number of hydrogen-bond donors (Lipinski definition) is 2. The molecule has 0 saturated heterocycles. The van der Waals surface area contributed by atoms with Gasteiger partial charge in [-0.05, 0) is 41.4 Å². The van der Waals surface area contributed by atoms with E-state index in [1.54, 1.807) is 6.20 Å². The Labute approximate surface area is 113 Å². The predicted octanol–water partition coefficient (Wildman–Crippen LogP) is 2.22. The van der Waals surface area contributed by atoms with Crippen LogP contribution in [0.4, 0.5) is 5.82 Å².